The molecule has 1 fully saturated rings. The number of nitrogens with zero attached hydrogens (tertiary/aromatic N) is 1. The Morgan fingerprint density at radius 1 is 1.50 bits per heavy atom. The summed E-state index contributed by atoms with van der Waals surface area (Å²) in [6.45, 7) is 0. The molecule has 2 rings (SSSR count). The van der Waals surface area contributed by atoms with Gasteiger partial charge in [0.15, 0.2) is 0 Å². The summed E-state index contributed by atoms with van der Waals surface area (Å²) in [6, 6.07) is 9.62. The molecule has 1 aliphatic rings. The van der Waals surface area contributed by atoms with Crippen molar-refractivity contribution in [2.24, 2.45) is 0 Å². The first-order valence-corrected chi connectivity index (χ1v) is 5.03. The van der Waals surface area contributed by atoms with E-state index in [4.69, 9.17) is 21.6 Å². The monoisotopic (exact) mass is 207 g/mol. The van der Waals surface area contributed by atoms with Gasteiger partial charge >= 0.3 is 0 Å². The number of hydrogen-bond acceptors (Lipinski definition) is 2. The van der Waals surface area contributed by atoms with E-state index in [9.17, 15) is 0 Å². The van der Waals surface area contributed by atoms with Crippen LogP contribution in [0.15, 0.2) is 24.3 Å². The predicted molar refractivity (Wildman–Crippen MR) is 54.3 cm³/mol. The molecular formula is C11H10ClNO. The summed E-state index contributed by atoms with van der Waals surface area (Å²) in [5.41, 5.74) is 0.383. The average Bonchev–Trinajstić information content (AvgIpc) is 3.01. The Hall–Kier alpha value is -1.20. The summed E-state index contributed by atoms with van der Waals surface area (Å²) in [5, 5.41) is 8.48. The molecule has 0 bridgehead atoms. The highest BCUT2D eigenvalue weighted by molar-refractivity contribution is 6.21. The molecule has 1 aromatic rings. The average molecular weight is 208 g/mol. The van der Waals surface area contributed by atoms with Crippen LogP contribution in [0.1, 0.15) is 24.3 Å². The first-order chi connectivity index (χ1) is 6.79. The third-order valence-electron chi connectivity index (χ3n) is 2.25. The number of nitriles is 1. The van der Waals surface area contributed by atoms with Gasteiger partial charge in [0.2, 0.25) is 0 Å². The highest BCUT2D eigenvalue weighted by Crippen LogP contribution is 2.40. The van der Waals surface area contributed by atoms with E-state index >= 15 is 0 Å². The maximum atomic E-state index is 8.48. The highest BCUT2D eigenvalue weighted by Gasteiger charge is 2.23. The Morgan fingerprint density at radius 2 is 2.29 bits per heavy atom. The summed E-state index contributed by atoms with van der Waals surface area (Å²) in [5.74, 6) is 1.37. The van der Waals surface area contributed by atoms with Crippen molar-refractivity contribution in [1.29, 1.82) is 5.26 Å². The summed E-state index contributed by atoms with van der Waals surface area (Å²) >= 11 is 5.56. The molecular weight excluding hydrogens is 198 g/mol. The molecule has 72 valence electrons. The normalized spacial score (nSPS) is 17.1. The molecule has 0 spiro atoms. The van der Waals surface area contributed by atoms with Crippen molar-refractivity contribution in [2.75, 3.05) is 0 Å². The van der Waals surface area contributed by atoms with E-state index in [0.717, 1.165) is 0 Å². The van der Waals surface area contributed by atoms with E-state index in [-0.39, 0.29) is 0 Å². The first kappa shape index (κ1) is 9.36. The molecule has 0 aromatic heterocycles. The second-order valence-corrected chi connectivity index (χ2v) is 3.81. The maximum absolute atomic E-state index is 8.48. The number of halogens is 1. The van der Waals surface area contributed by atoms with E-state index in [1.807, 2.05) is 24.3 Å². The van der Waals surface area contributed by atoms with Gasteiger partial charge in [-0.2, -0.15) is 5.26 Å². The van der Waals surface area contributed by atoms with Crippen LogP contribution in [0.5, 0.6) is 5.75 Å². The number of alkyl halides is 1. The summed E-state index contributed by atoms with van der Waals surface area (Å²) < 4.78 is 5.19. The zero-order valence-electron chi connectivity index (χ0n) is 7.61. The molecule has 0 amide bonds. The predicted octanol–water partition coefficient (Wildman–Crippen LogP) is 3.03. The Morgan fingerprint density at radius 3 is 2.93 bits per heavy atom. The van der Waals surface area contributed by atoms with Crippen LogP contribution in [0.3, 0.4) is 0 Å². The Kier molecular flexibility index (Phi) is 2.60. The lowest BCUT2D eigenvalue weighted by atomic mass is 10.1. The minimum absolute atomic E-state index is 0.677. The molecule has 0 heterocycles. The largest absolute Gasteiger partial charge is 0.461 e. The number of rotatable bonds is 3. The Bertz CT molecular complexity index is 368. The van der Waals surface area contributed by atoms with Crippen molar-refractivity contribution in [3.05, 3.63) is 29.8 Å². The van der Waals surface area contributed by atoms with Gasteiger partial charge in [0.25, 0.3) is 5.56 Å². The molecule has 1 unspecified atom stereocenters. The van der Waals surface area contributed by atoms with Gasteiger partial charge in [-0.15, -0.1) is 0 Å². The molecule has 0 N–H and O–H groups in total. The minimum Gasteiger partial charge on any atom is -0.461 e. The van der Waals surface area contributed by atoms with Crippen LogP contribution in [0.4, 0.5) is 0 Å². The van der Waals surface area contributed by atoms with Gasteiger partial charge in [-0.25, -0.2) is 0 Å². The van der Waals surface area contributed by atoms with Gasteiger partial charge in [0.05, 0.1) is 0 Å². The lowest BCUT2D eigenvalue weighted by Gasteiger charge is -2.07. The van der Waals surface area contributed by atoms with Gasteiger partial charge in [-0.05, 0) is 36.5 Å². The molecule has 1 atom stereocenters. The van der Waals surface area contributed by atoms with E-state index in [0.29, 0.717) is 11.7 Å². The van der Waals surface area contributed by atoms with Gasteiger partial charge < -0.3 is 4.74 Å². The van der Waals surface area contributed by atoms with Crippen molar-refractivity contribution >= 4 is 11.6 Å². The fraction of sp³-hybridized carbons (Fsp3) is 0.364. The van der Waals surface area contributed by atoms with Crippen LogP contribution in [-0.2, 0) is 0 Å². The van der Waals surface area contributed by atoms with Crippen molar-refractivity contribution in [3.8, 4) is 11.8 Å². The third kappa shape index (κ3) is 2.18. The van der Waals surface area contributed by atoms with Crippen LogP contribution >= 0.6 is 11.6 Å². The number of benzene rings is 1. The van der Waals surface area contributed by atoms with E-state index in [2.05, 4.69) is 6.07 Å². The lowest BCUT2D eigenvalue weighted by molar-refractivity contribution is 0.332. The van der Waals surface area contributed by atoms with Gasteiger partial charge in [-0.1, -0.05) is 23.7 Å². The van der Waals surface area contributed by atoms with Crippen LogP contribution in [0.2, 0.25) is 0 Å². The standard InChI is InChI=1S/C11H10ClNO/c12-11(7-13)14-10-3-1-2-9(6-10)8-4-5-8/h1-3,6,8,11H,4-5H2. The Labute approximate surface area is 88.1 Å². The van der Waals surface area contributed by atoms with Crippen molar-refractivity contribution in [1.82, 2.24) is 0 Å². The molecule has 1 aliphatic carbocycles. The molecule has 0 aliphatic heterocycles. The SMILES string of the molecule is N#CC(Cl)Oc1cccc(C2CC2)c1. The zero-order chi connectivity index (χ0) is 9.97. The maximum Gasteiger partial charge on any atom is 0.258 e. The van der Waals surface area contributed by atoms with E-state index in [1.54, 1.807) is 0 Å². The second kappa shape index (κ2) is 3.89. The topological polar surface area (TPSA) is 33.0 Å². The van der Waals surface area contributed by atoms with Crippen molar-refractivity contribution < 1.29 is 4.74 Å². The van der Waals surface area contributed by atoms with Gasteiger partial charge in [0.1, 0.15) is 11.8 Å². The minimum atomic E-state index is -0.899. The van der Waals surface area contributed by atoms with E-state index < -0.39 is 5.56 Å². The van der Waals surface area contributed by atoms with Crippen LogP contribution in [0.25, 0.3) is 0 Å². The molecule has 1 aromatic carbocycles. The van der Waals surface area contributed by atoms with Gasteiger partial charge in [0, 0.05) is 0 Å². The summed E-state index contributed by atoms with van der Waals surface area (Å²) in [4.78, 5) is 0. The zero-order valence-corrected chi connectivity index (χ0v) is 8.37. The molecule has 14 heavy (non-hydrogen) atoms. The van der Waals surface area contributed by atoms with Crippen LogP contribution in [-0.4, -0.2) is 5.56 Å². The molecule has 0 saturated heterocycles. The van der Waals surface area contributed by atoms with Crippen molar-refractivity contribution in [3.63, 3.8) is 0 Å². The first-order valence-electron chi connectivity index (χ1n) is 4.60. The van der Waals surface area contributed by atoms with Crippen molar-refractivity contribution in [2.45, 2.75) is 24.3 Å². The molecule has 3 heteroatoms. The molecule has 1 saturated carbocycles. The quantitative estimate of drug-likeness (QED) is 0.714. The summed E-state index contributed by atoms with van der Waals surface area (Å²) in [7, 11) is 0. The van der Waals surface area contributed by atoms with Gasteiger partial charge in [-0.3, -0.25) is 0 Å². The van der Waals surface area contributed by atoms with E-state index in [1.165, 1.54) is 18.4 Å². The smallest absolute Gasteiger partial charge is 0.258 e. The fourth-order valence-electron chi connectivity index (χ4n) is 1.40. The fourth-order valence-corrected chi connectivity index (χ4v) is 1.51. The molecule has 0 radical (unpaired) electrons. The third-order valence-corrected chi connectivity index (χ3v) is 2.43. The van der Waals surface area contributed by atoms with Crippen LogP contribution < -0.4 is 4.74 Å². The highest BCUT2D eigenvalue weighted by atomic mass is 35.5. The lowest BCUT2D eigenvalue weighted by Crippen LogP contribution is -2.04. The number of ether oxygens (including phenoxy) is 1. The Balaban J connectivity index is 2.10. The summed E-state index contributed by atoms with van der Waals surface area (Å²) in [6.07, 6.45) is 2.51. The molecule has 2 nitrogen and oxygen atoms in total. The number of hydrogen-bond donors (Lipinski definition) is 0. The second-order valence-electron chi connectivity index (χ2n) is 3.41. The van der Waals surface area contributed by atoms with Crippen LogP contribution in [0, 0.1) is 11.3 Å².